The Balaban J connectivity index is 1.17. The lowest BCUT2D eigenvalue weighted by atomic mass is 9.61. The van der Waals surface area contributed by atoms with Crippen LogP contribution in [0.4, 0.5) is 10.1 Å². The van der Waals surface area contributed by atoms with Crippen LogP contribution in [0.5, 0.6) is 10.9 Å². The average molecular weight is 524 g/mol. The van der Waals surface area contributed by atoms with Crippen molar-refractivity contribution in [3.8, 4) is 21.5 Å². The molecule has 194 valence electrons. The van der Waals surface area contributed by atoms with Crippen molar-refractivity contribution < 1.29 is 18.7 Å². The van der Waals surface area contributed by atoms with Crippen LogP contribution in [0.25, 0.3) is 10.6 Å². The maximum absolute atomic E-state index is 13.3. The fraction of sp³-hybridized carbons (Fsp3) is 0.444. The number of benzene rings is 1. The Labute approximate surface area is 219 Å². The molecule has 3 aliphatic rings. The molecule has 1 spiro atoms. The van der Waals surface area contributed by atoms with E-state index in [1.54, 1.807) is 6.20 Å². The van der Waals surface area contributed by atoms with Crippen LogP contribution in [0.15, 0.2) is 42.6 Å². The molecule has 37 heavy (non-hydrogen) atoms. The molecule has 8 nitrogen and oxygen atoms in total. The summed E-state index contributed by atoms with van der Waals surface area (Å²) in [5, 5.41) is 7.57. The molecule has 3 fully saturated rings. The van der Waals surface area contributed by atoms with Crippen LogP contribution in [0, 0.1) is 11.2 Å². The van der Waals surface area contributed by atoms with Crippen LogP contribution in [0.1, 0.15) is 36.7 Å². The Kier molecular flexibility index (Phi) is 6.46. The Hall–Kier alpha value is -3.24. The van der Waals surface area contributed by atoms with E-state index in [2.05, 4.69) is 20.5 Å². The summed E-state index contributed by atoms with van der Waals surface area (Å²) in [5.74, 6) is 0.0622. The summed E-state index contributed by atoms with van der Waals surface area (Å²) in [5.41, 5.74) is 2.33. The highest BCUT2D eigenvalue weighted by atomic mass is 32.1. The van der Waals surface area contributed by atoms with E-state index >= 15 is 0 Å². The number of aromatic nitrogens is 2. The zero-order chi connectivity index (χ0) is 25.4. The van der Waals surface area contributed by atoms with Gasteiger partial charge in [-0.3, -0.25) is 4.79 Å². The Bertz CT molecular complexity index is 1260. The molecule has 1 atom stereocenters. The monoisotopic (exact) mass is 523 g/mol. The molecule has 3 aromatic rings. The Morgan fingerprint density at radius 2 is 2.08 bits per heavy atom. The highest BCUT2D eigenvalue weighted by Gasteiger charge is 2.53. The molecule has 1 unspecified atom stereocenters. The number of carbonyl (C=O) groups is 1. The minimum Gasteiger partial charge on any atom is -0.479 e. The molecule has 2 aromatic heterocycles. The van der Waals surface area contributed by atoms with Crippen molar-refractivity contribution in [3.05, 3.63) is 54.1 Å². The number of hydrogen-bond acceptors (Lipinski definition) is 8. The standard InChI is InChI=1S/C27H30FN5O3S/c1-2-35-24-21(4-3-10-30-24)25-32-22(23(34)31-18-9-11-29-14-18)26(37-25)36-20-12-27(13-20)15-33(16-27)19-7-5-17(28)6-8-19/h3-8,10,18,20,29H,2,9,11-16H2,1H3,(H,31,34). The maximum atomic E-state index is 13.3. The molecule has 1 amide bonds. The molecule has 2 N–H and O–H groups in total. The van der Waals surface area contributed by atoms with Gasteiger partial charge in [0.15, 0.2) is 5.69 Å². The third kappa shape index (κ3) is 4.87. The van der Waals surface area contributed by atoms with E-state index in [1.807, 2.05) is 31.2 Å². The van der Waals surface area contributed by atoms with Crippen molar-refractivity contribution in [2.75, 3.05) is 37.7 Å². The summed E-state index contributed by atoms with van der Waals surface area (Å²) >= 11 is 1.37. The van der Waals surface area contributed by atoms with Crippen molar-refractivity contribution in [1.82, 2.24) is 20.6 Å². The summed E-state index contributed by atoms with van der Waals surface area (Å²) in [6.07, 6.45) is 4.45. The van der Waals surface area contributed by atoms with Crippen LogP contribution in [-0.4, -0.2) is 60.8 Å². The van der Waals surface area contributed by atoms with E-state index in [-0.39, 0.29) is 29.3 Å². The SMILES string of the molecule is CCOc1ncccc1-c1nc(C(=O)NC2CCNC2)c(OC2CC3(C2)CN(c2ccc(F)cc2)C3)s1. The first-order valence-corrected chi connectivity index (χ1v) is 13.6. The number of nitrogens with zero attached hydrogens (tertiary/aromatic N) is 3. The molecular formula is C27H30FN5O3S. The summed E-state index contributed by atoms with van der Waals surface area (Å²) < 4.78 is 25.4. The Morgan fingerprint density at radius 3 is 2.81 bits per heavy atom. The third-order valence-corrected chi connectivity index (χ3v) is 8.31. The van der Waals surface area contributed by atoms with Crippen LogP contribution < -0.4 is 25.0 Å². The van der Waals surface area contributed by atoms with Gasteiger partial charge in [-0.1, -0.05) is 11.3 Å². The zero-order valence-electron chi connectivity index (χ0n) is 20.7. The van der Waals surface area contributed by atoms with Crippen molar-refractivity contribution in [2.24, 2.45) is 5.41 Å². The first-order valence-electron chi connectivity index (χ1n) is 12.8. The molecule has 1 aromatic carbocycles. The largest absolute Gasteiger partial charge is 0.479 e. The van der Waals surface area contributed by atoms with E-state index in [0.29, 0.717) is 28.3 Å². The molecule has 1 saturated carbocycles. The number of pyridine rings is 1. The van der Waals surface area contributed by atoms with E-state index in [0.717, 1.165) is 56.7 Å². The molecule has 6 rings (SSSR count). The predicted molar refractivity (Wildman–Crippen MR) is 140 cm³/mol. The van der Waals surface area contributed by atoms with Gasteiger partial charge in [-0.15, -0.1) is 0 Å². The lowest BCUT2D eigenvalue weighted by Gasteiger charge is -2.59. The zero-order valence-corrected chi connectivity index (χ0v) is 21.5. The van der Waals surface area contributed by atoms with Gasteiger partial charge in [-0.25, -0.2) is 14.4 Å². The number of nitrogens with one attached hydrogen (secondary N) is 2. The number of hydrogen-bond donors (Lipinski definition) is 2. The maximum Gasteiger partial charge on any atom is 0.274 e. The highest BCUT2D eigenvalue weighted by Crippen LogP contribution is 2.51. The van der Waals surface area contributed by atoms with E-state index in [4.69, 9.17) is 14.5 Å². The molecular weight excluding hydrogens is 493 g/mol. The second kappa shape index (κ2) is 9.90. The van der Waals surface area contributed by atoms with Gasteiger partial charge in [-0.05, 0) is 69.1 Å². The Morgan fingerprint density at radius 1 is 1.27 bits per heavy atom. The number of rotatable bonds is 8. The summed E-state index contributed by atoms with van der Waals surface area (Å²) in [4.78, 5) is 24.6. The fourth-order valence-electron chi connectivity index (χ4n) is 5.48. The minimum atomic E-state index is -0.219. The number of carbonyl (C=O) groups excluding carboxylic acids is 1. The molecule has 4 heterocycles. The van der Waals surface area contributed by atoms with E-state index in [1.165, 1.54) is 23.5 Å². The smallest absolute Gasteiger partial charge is 0.274 e. The number of amides is 1. The van der Waals surface area contributed by atoms with Gasteiger partial charge in [0, 0.05) is 43.0 Å². The third-order valence-electron chi connectivity index (χ3n) is 7.33. The molecule has 2 saturated heterocycles. The first-order chi connectivity index (χ1) is 18.0. The van der Waals surface area contributed by atoms with Gasteiger partial charge in [0.05, 0.1) is 12.2 Å². The normalized spacial score (nSPS) is 20.4. The van der Waals surface area contributed by atoms with Gasteiger partial charge in [-0.2, -0.15) is 0 Å². The van der Waals surface area contributed by atoms with Crippen LogP contribution in [0.3, 0.4) is 0 Å². The summed E-state index contributed by atoms with van der Waals surface area (Å²) in [7, 11) is 0. The van der Waals surface area contributed by atoms with Crippen LogP contribution in [-0.2, 0) is 0 Å². The number of halogens is 1. The van der Waals surface area contributed by atoms with Gasteiger partial charge in [0.2, 0.25) is 10.9 Å². The van der Waals surface area contributed by atoms with E-state index < -0.39 is 0 Å². The quantitative estimate of drug-likeness (QED) is 0.463. The van der Waals surface area contributed by atoms with Gasteiger partial charge >= 0.3 is 0 Å². The fourth-order valence-corrected chi connectivity index (χ4v) is 6.48. The van der Waals surface area contributed by atoms with Crippen LogP contribution >= 0.6 is 11.3 Å². The molecule has 10 heteroatoms. The van der Waals surface area contributed by atoms with E-state index in [9.17, 15) is 9.18 Å². The topological polar surface area (TPSA) is 88.6 Å². The van der Waals surface area contributed by atoms with Gasteiger partial charge in [0.25, 0.3) is 5.91 Å². The predicted octanol–water partition coefficient (Wildman–Crippen LogP) is 3.88. The average Bonchev–Trinajstić information content (AvgIpc) is 3.51. The number of ether oxygens (including phenoxy) is 2. The van der Waals surface area contributed by atoms with Gasteiger partial charge < -0.3 is 25.0 Å². The molecule has 0 bridgehead atoms. The first kappa shape index (κ1) is 24.1. The van der Waals surface area contributed by atoms with Crippen molar-refractivity contribution in [1.29, 1.82) is 0 Å². The lowest BCUT2D eigenvalue weighted by molar-refractivity contribution is -0.0325. The van der Waals surface area contributed by atoms with Crippen molar-refractivity contribution in [2.45, 2.75) is 38.3 Å². The second-order valence-corrected chi connectivity index (χ2v) is 11.0. The van der Waals surface area contributed by atoms with Crippen LogP contribution in [0.2, 0.25) is 0 Å². The lowest BCUT2D eigenvalue weighted by Crippen LogP contribution is -2.64. The van der Waals surface area contributed by atoms with Crippen molar-refractivity contribution >= 4 is 22.9 Å². The summed E-state index contributed by atoms with van der Waals surface area (Å²) in [6, 6.07) is 10.5. The van der Waals surface area contributed by atoms with Gasteiger partial charge in [0.1, 0.15) is 16.9 Å². The van der Waals surface area contributed by atoms with Crippen molar-refractivity contribution in [3.63, 3.8) is 0 Å². The number of anilines is 1. The highest BCUT2D eigenvalue weighted by molar-refractivity contribution is 7.17. The second-order valence-electron chi connectivity index (χ2n) is 10.1. The summed E-state index contributed by atoms with van der Waals surface area (Å²) in [6.45, 7) is 5.91. The minimum absolute atomic E-state index is 0.0311. The number of thiazole rings is 1. The molecule has 0 radical (unpaired) electrons. The molecule has 1 aliphatic carbocycles. The molecule has 2 aliphatic heterocycles.